The summed E-state index contributed by atoms with van der Waals surface area (Å²) in [5.41, 5.74) is 1.18. The minimum atomic E-state index is -1.46. The van der Waals surface area contributed by atoms with Crippen molar-refractivity contribution in [3.05, 3.63) is 21.4 Å². The van der Waals surface area contributed by atoms with Gasteiger partial charge >= 0.3 is 5.97 Å². The molecule has 2 rings (SSSR count). The third kappa shape index (κ3) is 3.32. The van der Waals surface area contributed by atoms with Gasteiger partial charge < -0.3 is 10.4 Å². The first-order chi connectivity index (χ1) is 9.11. The summed E-state index contributed by atoms with van der Waals surface area (Å²) >= 11 is 1.39. The molecule has 0 saturated heterocycles. The van der Waals surface area contributed by atoms with E-state index in [0.29, 0.717) is 4.88 Å². The number of carboxylic acids is 1. The van der Waals surface area contributed by atoms with Crippen molar-refractivity contribution in [3.8, 4) is 0 Å². The normalized spacial score (nSPS) is 16.3. The van der Waals surface area contributed by atoms with Crippen molar-refractivity contribution in [2.75, 3.05) is 6.67 Å². The molecule has 1 aromatic rings. The number of carbonyl (C=O) groups is 2. The first-order valence-corrected chi connectivity index (χ1v) is 7.14. The van der Waals surface area contributed by atoms with Gasteiger partial charge in [-0.15, -0.1) is 11.3 Å². The first-order valence-electron chi connectivity index (χ1n) is 6.33. The molecule has 1 amide bonds. The lowest BCUT2D eigenvalue weighted by Gasteiger charge is -2.09. The van der Waals surface area contributed by atoms with Gasteiger partial charge in [-0.05, 0) is 37.3 Å². The molecule has 1 atom stereocenters. The fraction of sp³-hybridized carbons (Fsp3) is 0.538. The van der Waals surface area contributed by atoms with Gasteiger partial charge in [0.15, 0.2) is 6.04 Å². The summed E-state index contributed by atoms with van der Waals surface area (Å²) in [7, 11) is 0. The number of fused-ring (bicyclic) bond motifs is 1. The average Bonchev–Trinajstić information content (AvgIpc) is 2.67. The van der Waals surface area contributed by atoms with Crippen molar-refractivity contribution in [1.82, 2.24) is 5.32 Å². The Kier molecular flexibility index (Phi) is 4.52. The van der Waals surface area contributed by atoms with E-state index >= 15 is 0 Å². The van der Waals surface area contributed by atoms with Gasteiger partial charge in [0.2, 0.25) is 0 Å². The summed E-state index contributed by atoms with van der Waals surface area (Å²) in [4.78, 5) is 24.3. The van der Waals surface area contributed by atoms with Gasteiger partial charge in [0.05, 0.1) is 4.88 Å². The van der Waals surface area contributed by atoms with E-state index in [1.165, 1.54) is 28.2 Å². The zero-order valence-corrected chi connectivity index (χ0v) is 11.3. The molecule has 1 aliphatic rings. The number of aryl methyl sites for hydroxylation is 2. The Hall–Kier alpha value is -1.43. The summed E-state index contributed by atoms with van der Waals surface area (Å²) in [5.74, 6) is -1.85. The quantitative estimate of drug-likeness (QED) is 0.833. The summed E-state index contributed by atoms with van der Waals surface area (Å²) in [6, 6.07) is 0.354. The van der Waals surface area contributed by atoms with Crippen LogP contribution < -0.4 is 5.32 Å². The van der Waals surface area contributed by atoms with Crippen LogP contribution in [-0.4, -0.2) is 29.7 Å². The fourth-order valence-corrected chi connectivity index (χ4v) is 3.33. The SMILES string of the molecule is O=C(NC(CF)C(=O)O)c1cc2c(s1)CCCCC2. The van der Waals surface area contributed by atoms with Crippen LogP contribution in [-0.2, 0) is 17.6 Å². The molecule has 1 aliphatic carbocycles. The van der Waals surface area contributed by atoms with E-state index in [0.717, 1.165) is 25.7 Å². The molecule has 0 saturated carbocycles. The molecule has 1 unspecified atom stereocenters. The van der Waals surface area contributed by atoms with Crippen LogP contribution in [0.2, 0.25) is 0 Å². The molecule has 1 heterocycles. The highest BCUT2D eigenvalue weighted by atomic mass is 32.1. The zero-order valence-electron chi connectivity index (χ0n) is 10.4. The van der Waals surface area contributed by atoms with E-state index in [1.807, 2.05) is 6.07 Å². The summed E-state index contributed by atoms with van der Waals surface area (Å²) in [6.45, 7) is -1.10. The molecule has 19 heavy (non-hydrogen) atoms. The van der Waals surface area contributed by atoms with Crippen LogP contribution in [0.5, 0.6) is 0 Å². The minimum Gasteiger partial charge on any atom is -0.480 e. The van der Waals surface area contributed by atoms with Gasteiger partial charge in [0.1, 0.15) is 6.67 Å². The van der Waals surface area contributed by atoms with E-state index in [-0.39, 0.29) is 0 Å². The third-order valence-corrected chi connectivity index (χ3v) is 4.46. The van der Waals surface area contributed by atoms with Crippen LogP contribution in [0.3, 0.4) is 0 Å². The van der Waals surface area contributed by atoms with Crippen LogP contribution in [0, 0.1) is 0 Å². The van der Waals surface area contributed by atoms with Gasteiger partial charge in [-0.25, -0.2) is 9.18 Å². The van der Waals surface area contributed by atoms with Crippen LogP contribution in [0.15, 0.2) is 6.07 Å². The fourth-order valence-electron chi connectivity index (χ4n) is 2.18. The lowest BCUT2D eigenvalue weighted by Crippen LogP contribution is -2.42. The van der Waals surface area contributed by atoms with Gasteiger partial charge in [-0.2, -0.15) is 0 Å². The van der Waals surface area contributed by atoms with Gasteiger partial charge in [0, 0.05) is 4.88 Å². The number of aliphatic carboxylic acids is 1. The second-order valence-corrected chi connectivity index (χ2v) is 5.78. The number of halogens is 1. The van der Waals surface area contributed by atoms with Crippen LogP contribution in [0.4, 0.5) is 4.39 Å². The van der Waals surface area contributed by atoms with Gasteiger partial charge in [-0.3, -0.25) is 4.79 Å². The molecular formula is C13H16FNO3S. The average molecular weight is 285 g/mol. The molecule has 104 valence electrons. The number of thiophene rings is 1. The summed E-state index contributed by atoms with van der Waals surface area (Å²) in [5, 5.41) is 10.9. The Morgan fingerprint density at radius 3 is 2.79 bits per heavy atom. The Morgan fingerprint density at radius 2 is 2.11 bits per heavy atom. The smallest absolute Gasteiger partial charge is 0.328 e. The number of hydrogen-bond donors (Lipinski definition) is 2. The Bertz CT molecular complexity index is 463. The number of hydrogen-bond acceptors (Lipinski definition) is 3. The van der Waals surface area contributed by atoms with Crippen molar-refractivity contribution >= 4 is 23.2 Å². The zero-order chi connectivity index (χ0) is 13.8. The van der Waals surface area contributed by atoms with Crippen LogP contribution in [0.25, 0.3) is 0 Å². The molecule has 0 bridgehead atoms. The highest BCUT2D eigenvalue weighted by Gasteiger charge is 2.22. The van der Waals surface area contributed by atoms with Crippen molar-refractivity contribution in [2.24, 2.45) is 0 Å². The molecule has 2 N–H and O–H groups in total. The maximum atomic E-state index is 12.5. The van der Waals surface area contributed by atoms with E-state index in [4.69, 9.17) is 5.11 Å². The Morgan fingerprint density at radius 1 is 1.37 bits per heavy atom. The second kappa shape index (κ2) is 6.14. The number of nitrogens with one attached hydrogen (secondary N) is 1. The molecule has 0 aliphatic heterocycles. The predicted octanol–water partition coefficient (Wildman–Crippen LogP) is 2.17. The van der Waals surface area contributed by atoms with Crippen molar-refractivity contribution < 1.29 is 19.1 Å². The molecule has 0 radical (unpaired) electrons. The van der Waals surface area contributed by atoms with Crippen molar-refractivity contribution in [1.29, 1.82) is 0 Å². The highest BCUT2D eigenvalue weighted by molar-refractivity contribution is 7.14. The summed E-state index contributed by atoms with van der Waals surface area (Å²) in [6.07, 6.45) is 5.37. The van der Waals surface area contributed by atoms with E-state index in [1.54, 1.807) is 0 Å². The largest absolute Gasteiger partial charge is 0.480 e. The Balaban J connectivity index is 2.09. The molecule has 1 aromatic heterocycles. The Labute approximate surface area is 114 Å². The molecule has 4 nitrogen and oxygen atoms in total. The molecule has 6 heteroatoms. The second-order valence-electron chi connectivity index (χ2n) is 4.64. The molecule has 0 aromatic carbocycles. The third-order valence-electron chi connectivity index (χ3n) is 3.23. The van der Waals surface area contributed by atoms with Crippen molar-refractivity contribution in [3.63, 3.8) is 0 Å². The number of amides is 1. The molecule has 0 fully saturated rings. The van der Waals surface area contributed by atoms with E-state index in [9.17, 15) is 14.0 Å². The standard InChI is InChI=1S/C13H16FNO3S/c14-7-9(13(17)18)15-12(16)11-6-8-4-2-1-3-5-10(8)19-11/h6,9H,1-5,7H2,(H,15,16)(H,17,18). The van der Waals surface area contributed by atoms with Gasteiger partial charge in [0.25, 0.3) is 5.91 Å². The number of rotatable bonds is 4. The first kappa shape index (κ1) is 14.0. The monoisotopic (exact) mass is 285 g/mol. The minimum absolute atomic E-state index is 0.478. The maximum Gasteiger partial charge on any atom is 0.328 e. The van der Waals surface area contributed by atoms with Crippen molar-refractivity contribution in [2.45, 2.75) is 38.1 Å². The lowest BCUT2D eigenvalue weighted by atomic mass is 10.1. The lowest BCUT2D eigenvalue weighted by molar-refractivity contribution is -0.139. The molecule has 0 spiro atoms. The van der Waals surface area contributed by atoms with E-state index < -0.39 is 24.6 Å². The van der Waals surface area contributed by atoms with Crippen LogP contribution >= 0.6 is 11.3 Å². The highest BCUT2D eigenvalue weighted by Crippen LogP contribution is 2.28. The number of carbonyl (C=O) groups excluding carboxylic acids is 1. The topological polar surface area (TPSA) is 66.4 Å². The number of alkyl halides is 1. The summed E-state index contributed by atoms with van der Waals surface area (Å²) < 4.78 is 12.5. The molecular weight excluding hydrogens is 269 g/mol. The predicted molar refractivity (Wildman–Crippen MR) is 70.4 cm³/mol. The van der Waals surface area contributed by atoms with Gasteiger partial charge in [-0.1, -0.05) is 6.42 Å². The number of carboxylic acid groups (broad SMARTS) is 1. The van der Waals surface area contributed by atoms with Crippen LogP contribution in [0.1, 0.15) is 39.4 Å². The van der Waals surface area contributed by atoms with E-state index in [2.05, 4.69) is 5.32 Å². The maximum absolute atomic E-state index is 12.5.